The van der Waals surface area contributed by atoms with Crippen molar-refractivity contribution in [2.45, 2.75) is 47.6 Å². The van der Waals surface area contributed by atoms with E-state index in [0.29, 0.717) is 32.7 Å². The van der Waals surface area contributed by atoms with E-state index in [0.717, 1.165) is 40.2 Å². The lowest BCUT2D eigenvalue weighted by atomic mass is 10.1. The minimum absolute atomic E-state index is 0.230. The third kappa shape index (κ3) is 6.27. The van der Waals surface area contributed by atoms with Gasteiger partial charge in [0.15, 0.2) is 5.11 Å². The van der Waals surface area contributed by atoms with Gasteiger partial charge in [-0.1, -0.05) is 0 Å². The van der Waals surface area contributed by atoms with Crippen LogP contribution in [-0.2, 0) is 16.0 Å². The van der Waals surface area contributed by atoms with Crippen LogP contribution in [0.15, 0.2) is 4.47 Å². The first kappa shape index (κ1) is 25.3. The van der Waals surface area contributed by atoms with Crippen molar-refractivity contribution in [2.24, 2.45) is 0 Å². The molecule has 0 atom stereocenters. The van der Waals surface area contributed by atoms with Crippen molar-refractivity contribution in [2.75, 3.05) is 25.1 Å². The Morgan fingerprint density at radius 1 is 1.16 bits per heavy atom. The van der Waals surface area contributed by atoms with E-state index in [9.17, 15) is 9.59 Å². The van der Waals surface area contributed by atoms with Crippen molar-refractivity contribution in [3.63, 3.8) is 0 Å². The predicted molar refractivity (Wildman–Crippen MR) is 129 cm³/mol. The van der Waals surface area contributed by atoms with Crippen LogP contribution in [0.2, 0.25) is 0 Å². The molecule has 0 aromatic carbocycles. The van der Waals surface area contributed by atoms with Gasteiger partial charge in [0.2, 0.25) is 0 Å². The fourth-order valence-corrected chi connectivity index (χ4v) is 4.56. The molecule has 170 valence electrons. The number of ether oxygens (including phenoxy) is 2. The van der Waals surface area contributed by atoms with Crippen molar-refractivity contribution in [3.05, 3.63) is 31.9 Å². The quantitative estimate of drug-likeness (QED) is 0.280. The van der Waals surface area contributed by atoms with E-state index < -0.39 is 11.9 Å². The molecule has 2 heterocycles. The molecule has 2 aromatic heterocycles. The number of aryl methyl sites for hydroxylation is 2. The maximum absolute atomic E-state index is 12.5. The Balaban J connectivity index is 2.03. The summed E-state index contributed by atoms with van der Waals surface area (Å²) in [6, 6.07) is 0. The van der Waals surface area contributed by atoms with Crippen LogP contribution < -0.4 is 10.6 Å². The first-order chi connectivity index (χ1) is 14.7. The van der Waals surface area contributed by atoms with E-state index in [4.69, 9.17) is 21.7 Å². The zero-order valence-corrected chi connectivity index (χ0v) is 21.5. The predicted octanol–water partition coefficient (Wildman–Crippen LogP) is 4.36. The molecular weight excluding hydrogens is 504 g/mol. The molecule has 0 fully saturated rings. The van der Waals surface area contributed by atoms with Crippen LogP contribution in [0, 0.1) is 20.8 Å². The van der Waals surface area contributed by atoms with Gasteiger partial charge in [0.1, 0.15) is 9.88 Å². The second-order valence-electron chi connectivity index (χ2n) is 6.64. The lowest BCUT2D eigenvalue weighted by Crippen LogP contribution is -2.30. The number of rotatable bonds is 9. The summed E-state index contributed by atoms with van der Waals surface area (Å²) in [6.07, 6.45) is 0.804. The van der Waals surface area contributed by atoms with Crippen LogP contribution in [0.4, 0.5) is 5.00 Å². The number of halogens is 1. The highest BCUT2D eigenvalue weighted by Crippen LogP contribution is 2.34. The highest BCUT2D eigenvalue weighted by Gasteiger charge is 2.26. The molecule has 0 saturated carbocycles. The van der Waals surface area contributed by atoms with Gasteiger partial charge in [0, 0.05) is 18.8 Å². The van der Waals surface area contributed by atoms with Crippen molar-refractivity contribution in [3.8, 4) is 0 Å². The van der Waals surface area contributed by atoms with Crippen LogP contribution in [-0.4, -0.2) is 46.6 Å². The lowest BCUT2D eigenvalue weighted by molar-refractivity contribution is 0.0527. The standard InChI is InChI=1S/C20H27BrN4O4S2/c1-6-28-18(26)14-11(3)16(19(27)29-7-2)31-17(14)23-20(30)22-9-8-10-25-13(5)15(21)12(4)24-25/h6-10H2,1-5H3,(H2,22,23,30). The summed E-state index contributed by atoms with van der Waals surface area (Å²) in [6.45, 7) is 11.0. The van der Waals surface area contributed by atoms with Gasteiger partial charge >= 0.3 is 11.9 Å². The summed E-state index contributed by atoms with van der Waals surface area (Å²) in [5, 5.41) is 11.5. The minimum atomic E-state index is -0.507. The number of carbonyl (C=O) groups is 2. The minimum Gasteiger partial charge on any atom is -0.462 e. The van der Waals surface area contributed by atoms with Crippen LogP contribution in [0.3, 0.4) is 0 Å². The maximum Gasteiger partial charge on any atom is 0.348 e. The van der Waals surface area contributed by atoms with Gasteiger partial charge in [-0.25, -0.2) is 9.59 Å². The number of carbonyl (C=O) groups excluding carboxylic acids is 2. The highest BCUT2D eigenvalue weighted by atomic mass is 79.9. The fourth-order valence-electron chi connectivity index (χ4n) is 2.91. The number of aromatic nitrogens is 2. The lowest BCUT2D eigenvalue weighted by Gasteiger charge is -2.11. The Labute approximate surface area is 199 Å². The molecule has 2 N–H and O–H groups in total. The average Bonchev–Trinajstić information content (AvgIpc) is 3.16. The SMILES string of the molecule is CCOC(=O)c1sc(NC(=S)NCCCn2nc(C)c(Br)c2C)c(C(=O)OCC)c1C. The molecule has 0 aliphatic heterocycles. The molecule has 0 amide bonds. The molecule has 0 unspecified atom stereocenters. The van der Waals surface area contributed by atoms with Crippen LogP contribution in [0.1, 0.15) is 57.2 Å². The summed E-state index contributed by atoms with van der Waals surface area (Å²) in [5.74, 6) is -0.981. The monoisotopic (exact) mass is 530 g/mol. The average molecular weight is 531 g/mol. The molecular formula is C20H27BrN4O4S2. The summed E-state index contributed by atoms with van der Waals surface area (Å²) < 4.78 is 13.2. The van der Waals surface area contributed by atoms with E-state index in [1.807, 2.05) is 18.5 Å². The number of hydrogen-bond donors (Lipinski definition) is 2. The van der Waals surface area contributed by atoms with E-state index in [1.54, 1.807) is 20.8 Å². The Bertz CT molecular complexity index is 971. The number of anilines is 1. The zero-order chi connectivity index (χ0) is 23.1. The number of hydrogen-bond acceptors (Lipinski definition) is 7. The summed E-state index contributed by atoms with van der Waals surface area (Å²) in [5.41, 5.74) is 2.85. The van der Waals surface area contributed by atoms with E-state index in [-0.39, 0.29) is 13.2 Å². The number of esters is 2. The number of thiocarbonyl (C=S) groups is 1. The highest BCUT2D eigenvalue weighted by molar-refractivity contribution is 9.10. The number of nitrogens with zero attached hydrogens (tertiary/aromatic N) is 2. The molecule has 0 aliphatic carbocycles. The molecule has 0 spiro atoms. The second-order valence-corrected chi connectivity index (χ2v) is 8.87. The largest absolute Gasteiger partial charge is 0.462 e. The maximum atomic E-state index is 12.5. The third-order valence-corrected chi connectivity index (χ3v) is 7.02. The second kappa shape index (κ2) is 11.6. The van der Waals surface area contributed by atoms with Crippen molar-refractivity contribution < 1.29 is 19.1 Å². The molecule has 2 rings (SSSR count). The Hall–Kier alpha value is -1.98. The topological polar surface area (TPSA) is 94.5 Å². The van der Waals surface area contributed by atoms with Gasteiger partial charge in [-0.2, -0.15) is 5.10 Å². The van der Waals surface area contributed by atoms with Gasteiger partial charge in [-0.05, 0) is 74.8 Å². The smallest absolute Gasteiger partial charge is 0.348 e. The molecule has 0 aliphatic rings. The molecule has 0 radical (unpaired) electrons. The summed E-state index contributed by atoms with van der Waals surface area (Å²) in [4.78, 5) is 25.1. The van der Waals surface area contributed by atoms with Gasteiger partial charge in [0.05, 0.1) is 28.9 Å². The van der Waals surface area contributed by atoms with Gasteiger partial charge in [0.25, 0.3) is 0 Å². The van der Waals surface area contributed by atoms with E-state index >= 15 is 0 Å². The molecule has 11 heteroatoms. The van der Waals surface area contributed by atoms with Gasteiger partial charge in [-0.3, -0.25) is 4.68 Å². The number of thiophene rings is 1. The Morgan fingerprint density at radius 2 is 1.81 bits per heavy atom. The van der Waals surface area contributed by atoms with E-state index in [2.05, 4.69) is 31.7 Å². The zero-order valence-electron chi connectivity index (χ0n) is 18.3. The Kier molecular flexibility index (Phi) is 9.45. The molecule has 0 bridgehead atoms. The van der Waals surface area contributed by atoms with Crippen molar-refractivity contribution in [1.82, 2.24) is 15.1 Å². The normalized spacial score (nSPS) is 10.6. The molecule has 8 nitrogen and oxygen atoms in total. The fraction of sp³-hybridized carbons (Fsp3) is 0.500. The summed E-state index contributed by atoms with van der Waals surface area (Å²) in [7, 11) is 0. The third-order valence-electron chi connectivity index (χ3n) is 4.44. The van der Waals surface area contributed by atoms with Gasteiger partial charge < -0.3 is 20.1 Å². The first-order valence-electron chi connectivity index (χ1n) is 9.93. The van der Waals surface area contributed by atoms with Gasteiger partial charge in [-0.15, -0.1) is 11.3 Å². The van der Waals surface area contributed by atoms with Crippen molar-refractivity contribution >= 4 is 61.5 Å². The summed E-state index contributed by atoms with van der Waals surface area (Å²) >= 11 is 10.0. The van der Waals surface area contributed by atoms with Crippen molar-refractivity contribution in [1.29, 1.82) is 0 Å². The van der Waals surface area contributed by atoms with Crippen LogP contribution >= 0.6 is 39.5 Å². The molecule has 2 aromatic rings. The first-order valence-corrected chi connectivity index (χ1v) is 11.9. The molecule has 31 heavy (non-hydrogen) atoms. The molecule has 0 saturated heterocycles. The number of nitrogens with one attached hydrogen (secondary N) is 2. The Morgan fingerprint density at radius 3 is 2.39 bits per heavy atom. The van der Waals surface area contributed by atoms with Crippen LogP contribution in [0.25, 0.3) is 0 Å². The van der Waals surface area contributed by atoms with E-state index in [1.165, 1.54) is 0 Å². The van der Waals surface area contributed by atoms with Crippen LogP contribution in [0.5, 0.6) is 0 Å².